The van der Waals surface area contributed by atoms with Gasteiger partial charge in [-0.2, -0.15) is 18.3 Å². The first-order valence-electron chi connectivity index (χ1n) is 8.12. The van der Waals surface area contributed by atoms with Gasteiger partial charge in [-0.1, -0.05) is 29.8 Å². The lowest BCUT2D eigenvalue weighted by atomic mass is 10.2. The number of nitrogens with zero attached hydrogens (tertiary/aromatic N) is 2. The number of methoxy groups -OCH3 is 1. The first-order valence-corrected chi connectivity index (χ1v) is 8.49. The number of carbonyl (C=O) groups excluding carboxylic acids is 1. The van der Waals surface area contributed by atoms with Crippen LogP contribution in [0.25, 0.3) is 5.69 Å². The largest absolute Gasteiger partial charge is 0.497 e. The number of alkyl halides is 3. The van der Waals surface area contributed by atoms with Crippen molar-refractivity contribution in [2.24, 2.45) is 0 Å². The van der Waals surface area contributed by atoms with Crippen LogP contribution in [0.3, 0.4) is 0 Å². The fourth-order valence-electron chi connectivity index (χ4n) is 2.65. The molecule has 1 N–H and O–H groups in total. The number of hydrogen-bond donors (Lipinski definition) is 1. The third kappa shape index (κ3) is 4.28. The molecule has 0 unspecified atom stereocenters. The van der Waals surface area contributed by atoms with E-state index in [1.807, 2.05) is 0 Å². The Labute approximate surface area is 163 Å². The van der Waals surface area contributed by atoms with E-state index >= 15 is 0 Å². The number of ether oxygens (including phenoxy) is 1. The van der Waals surface area contributed by atoms with Gasteiger partial charge in [0, 0.05) is 11.6 Å². The van der Waals surface area contributed by atoms with Crippen LogP contribution in [0.4, 0.5) is 13.2 Å². The summed E-state index contributed by atoms with van der Waals surface area (Å²) in [5, 5.41) is 6.49. The van der Waals surface area contributed by atoms with Gasteiger partial charge in [0.2, 0.25) is 0 Å². The topological polar surface area (TPSA) is 56.1 Å². The van der Waals surface area contributed by atoms with E-state index in [-0.39, 0.29) is 17.3 Å². The van der Waals surface area contributed by atoms with Crippen molar-refractivity contribution in [3.05, 3.63) is 76.6 Å². The van der Waals surface area contributed by atoms with Gasteiger partial charge in [0.1, 0.15) is 5.75 Å². The lowest BCUT2D eigenvalue weighted by Crippen LogP contribution is -2.26. The van der Waals surface area contributed by atoms with E-state index in [1.165, 1.54) is 31.4 Å². The van der Waals surface area contributed by atoms with Crippen LogP contribution in [0.2, 0.25) is 5.02 Å². The molecule has 28 heavy (non-hydrogen) atoms. The number of amides is 1. The van der Waals surface area contributed by atoms with Crippen LogP contribution < -0.4 is 10.1 Å². The molecule has 1 heterocycles. The van der Waals surface area contributed by atoms with Crippen LogP contribution in [0.5, 0.6) is 5.75 Å². The van der Waals surface area contributed by atoms with Crippen molar-refractivity contribution < 1.29 is 22.7 Å². The zero-order chi connectivity index (χ0) is 20.3. The smallest absolute Gasteiger partial charge is 0.434 e. The molecule has 5 nitrogen and oxygen atoms in total. The summed E-state index contributed by atoms with van der Waals surface area (Å²) in [7, 11) is 1.50. The SMILES string of the molecule is COc1cccc(CNC(=O)c2cnn(-c3cccc(Cl)c3)c2C(F)(F)F)c1. The van der Waals surface area contributed by atoms with Gasteiger partial charge >= 0.3 is 6.18 Å². The first kappa shape index (κ1) is 19.8. The third-order valence-electron chi connectivity index (χ3n) is 3.92. The number of hydrogen-bond acceptors (Lipinski definition) is 3. The van der Waals surface area contributed by atoms with Crippen molar-refractivity contribution in [3.8, 4) is 11.4 Å². The standard InChI is InChI=1S/C19H15ClF3N3O2/c1-28-15-7-2-4-12(8-15)10-24-18(27)16-11-25-26(17(16)19(21,22)23)14-6-3-5-13(20)9-14/h2-9,11H,10H2,1H3,(H,24,27). The van der Waals surface area contributed by atoms with Gasteiger partial charge in [-0.05, 0) is 35.9 Å². The highest BCUT2D eigenvalue weighted by Gasteiger charge is 2.40. The van der Waals surface area contributed by atoms with Crippen LogP contribution in [0, 0.1) is 0 Å². The Morgan fingerprint density at radius 2 is 1.96 bits per heavy atom. The Hall–Kier alpha value is -3.00. The molecule has 0 saturated heterocycles. The molecule has 0 spiro atoms. The van der Waals surface area contributed by atoms with Crippen molar-refractivity contribution in [2.45, 2.75) is 12.7 Å². The molecule has 0 radical (unpaired) electrons. The van der Waals surface area contributed by atoms with Crippen LogP contribution in [0.1, 0.15) is 21.6 Å². The van der Waals surface area contributed by atoms with Gasteiger partial charge in [0.05, 0.1) is 24.6 Å². The molecule has 0 saturated carbocycles. The predicted molar refractivity (Wildman–Crippen MR) is 97.7 cm³/mol. The van der Waals surface area contributed by atoms with Crippen LogP contribution in [-0.4, -0.2) is 22.8 Å². The number of aromatic nitrogens is 2. The molecular weight excluding hydrogens is 395 g/mol. The molecule has 146 valence electrons. The molecular formula is C19H15ClF3N3O2. The minimum atomic E-state index is -4.79. The molecule has 0 fully saturated rings. The zero-order valence-electron chi connectivity index (χ0n) is 14.6. The molecule has 0 atom stereocenters. The Kier molecular flexibility index (Phi) is 5.60. The van der Waals surface area contributed by atoms with Crippen molar-refractivity contribution >= 4 is 17.5 Å². The fourth-order valence-corrected chi connectivity index (χ4v) is 2.84. The minimum absolute atomic E-state index is 0.0374. The average molecular weight is 410 g/mol. The maximum atomic E-state index is 13.7. The molecule has 0 aliphatic rings. The molecule has 0 aliphatic carbocycles. The van der Waals surface area contributed by atoms with E-state index in [9.17, 15) is 18.0 Å². The number of nitrogens with one attached hydrogen (secondary N) is 1. The van der Waals surface area contributed by atoms with Gasteiger partial charge in [0.15, 0.2) is 5.69 Å². The summed E-state index contributed by atoms with van der Waals surface area (Å²) in [6.45, 7) is 0.0374. The first-order chi connectivity index (χ1) is 13.3. The molecule has 1 amide bonds. The fraction of sp³-hybridized carbons (Fsp3) is 0.158. The highest BCUT2D eigenvalue weighted by Crippen LogP contribution is 2.34. The Bertz CT molecular complexity index is 1000. The van der Waals surface area contributed by atoms with Crippen molar-refractivity contribution in [1.82, 2.24) is 15.1 Å². The van der Waals surface area contributed by atoms with Crippen molar-refractivity contribution in [1.29, 1.82) is 0 Å². The summed E-state index contributed by atoms with van der Waals surface area (Å²) in [5.74, 6) is -0.306. The summed E-state index contributed by atoms with van der Waals surface area (Å²) < 4.78 is 46.7. The summed E-state index contributed by atoms with van der Waals surface area (Å²) >= 11 is 5.86. The zero-order valence-corrected chi connectivity index (χ0v) is 15.4. The summed E-state index contributed by atoms with van der Waals surface area (Å²) in [6, 6.07) is 12.6. The second-order valence-corrected chi connectivity index (χ2v) is 6.27. The minimum Gasteiger partial charge on any atom is -0.497 e. The molecule has 9 heteroatoms. The average Bonchev–Trinajstić information content (AvgIpc) is 3.12. The highest BCUT2D eigenvalue weighted by atomic mass is 35.5. The molecule has 1 aromatic heterocycles. The summed E-state index contributed by atoms with van der Waals surface area (Å²) in [5.41, 5.74) is -0.955. The second kappa shape index (κ2) is 7.93. The number of halogens is 4. The van der Waals surface area contributed by atoms with Crippen LogP contribution in [0.15, 0.2) is 54.7 Å². The predicted octanol–water partition coefficient (Wildman–Crippen LogP) is 4.48. The normalized spacial score (nSPS) is 11.3. The molecule has 2 aromatic carbocycles. The molecule has 0 bridgehead atoms. The Morgan fingerprint density at radius 1 is 1.21 bits per heavy atom. The molecule has 3 rings (SSSR count). The summed E-state index contributed by atoms with van der Waals surface area (Å²) in [6.07, 6.45) is -3.90. The molecule has 0 aliphatic heterocycles. The second-order valence-electron chi connectivity index (χ2n) is 5.83. The van der Waals surface area contributed by atoms with Gasteiger partial charge < -0.3 is 10.1 Å². The quantitative estimate of drug-likeness (QED) is 0.675. The van der Waals surface area contributed by atoms with E-state index in [4.69, 9.17) is 16.3 Å². The molecule has 3 aromatic rings. The van der Waals surface area contributed by atoms with E-state index in [1.54, 1.807) is 24.3 Å². The van der Waals surface area contributed by atoms with Crippen LogP contribution in [-0.2, 0) is 12.7 Å². The maximum Gasteiger partial charge on any atom is 0.434 e. The van der Waals surface area contributed by atoms with E-state index in [2.05, 4.69) is 10.4 Å². The monoisotopic (exact) mass is 409 g/mol. The lowest BCUT2D eigenvalue weighted by Gasteiger charge is -2.13. The number of carbonyl (C=O) groups is 1. The van der Waals surface area contributed by atoms with Crippen molar-refractivity contribution in [3.63, 3.8) is 0 Å². The van der Waals surface area contributed by atoms with Gasteiger partial charge in [-0.25, -0.2) is 4.68 Å². The third-order valence-corrected chi connectivity index (χ3v) is 4.16. The Morgan fingerprint density at radius 3 is 2.64 bits per heavy atom. The highest BCUT2D eigenvalue weighted by molar-refractivity contribution is 6.30. The maximum absolute atomic E-state index is 13.7. The van der Waals surface area contributed by atoms with E-state index < -0.39 is 23.3 Å². The van der Waals surface area contributed by atoms with Crippen LogP contribution >= 0.6 is 11.6 Å². The van der Waals surface area contributed by atoms with Gasteiger partial charge in [0.25, 0.3) is 5.91 Å². The Balaban J connectivity index is 1.89. The van der Waals surface area contributed by atoms with Crippen molar-refractivity contribution in [2.75, 3.05) is 7.11 Å². The van der Waals surface area contributed by atoms with Gasteiger partial charge in [-0.3, -0.25) is 4.79 Å². The van der Waals surface area contributed by atoms with E-state index in [0.717, 1.165) is 6.20 Å². The number of benzene rings is 2. The lowest BCUT2D eigenvalue weighted by molar-refractivity contribution is -0.143. The van der Waals surface area contributed by atoms with Gasteiger partial charge in [-0.15, -0.1) is 0 Å². The number of rotatable bonds is 5. The van der Waals surface area contributed by atoms with E-state index in [0.29, 0.717) is 16.0 Å². The summed E-state index contributed by atoms with van der Waals surface area (Å²) in [4.78, 5) is 12.4.